The fourth-order valence-corrected chi connectivity index (χ4v) is 2.67. The van der Waals surface area contributed by atoms with Crippen molar-refractivity contribution >= 4 is 16.6 Å². The Bertz CT molecular complexity index is 904. The van der Waals surface area contributed by atoms with Gasteiger partial charge in [0.05, 0.1) is 17.2 Å². The summed E-state index contributed by atoms with van der Waals surface area (Å²) >= 11 is 0. The van der Waals surface area contributed by atoms with Crippen molar-refractivity contribution in [2.75, 3.05) is 11.9 Å². The molecule has 0 unspecified atom stereocenters. The zero-order valence-electron chi connectivity index (χ0n) is 12.6. The smallest absolute Gasteiger partial charge is 0.385 e. The Kier molecular flexibility index (Phi) is 4.17. The zero-order chi connectivity index (χ0) is 17.2. The Morgan fingerprint density at radius 1 is 1.12 bits per heavy atom. The highest BCUT2D eigenvalue weighted by Crippen LogP contribution is 2.33. The molecular weight excluding hydrogens is 315 g/mol. The van der Waals surface area contributed by atoms with Crippen molar-refractivity contribution in [1.82, 2.24) is 4.98 Å². The number of benzene rings is 2. The van der Waals surface area contributed by atoms with Crippen molar-refractivity contribution in [2.45, 2.75) is 12.6 Å². The van der Waals surface area contributed by atoms with Crippen LogP contribution in [0.4, 0.5) is 18.9 Å². The van der Waals surface area contributed by atoms with Crippen LogP contribution in [0.15, 0.2) is 48.7 Å². The third kappa shape index (κ3) is 3.20. The highest BCUT2D eigenvalue weighted by Gasteiger charge is 2.33. The van der Waals surface area contributed by atoms with Crippen molar-refractivity contribution in [3.63, 3.8) is 0 Å². The van der Waals surface area contributed by atoms with Gasteiger partial charge in [0.2, 0.25) is 0 Å². The summed E-state index contributed by atoms with van der Waals surface area (Å²) in [6, 6.07) is 13.1. The first-order valence-electron chi connectivity index (χ1n) is 7.39. The van der Waals surface area contributed by atoms with Crippen molar-refractivity contribution in [1.29, 1.82) is 5.26 Å². The summed E-state index contributed by atoms with van der Waals surface area (Å²) in [5.74, 6) is 0. The molecule has 24 heavy (non-hydrogen) atoms. The second-order valence-electron chi connectivity index (χ2n) is 5.41. The van der Waals surface area contributed by atoms with Crippen LogP contribution >= 0.6 is 0 Å². The van der Waals surface area contributed by atoms with Gasteiger partial charge in [-0.1, -0.05) is 18.2 Å². The van der Waals surface area contributed by atoms with Crippen LogP contribution < -0.4 is 5.32 Å². The number of halogens is 3. The van der Waals surface area contributed by atoms with Gasteiger partial charge >= 0.3 is 6.18 Å². The molecule has 0 amide bonds. The van der Waals surface area contributed by atoms with Gasteiger partial charge in [0.1, 0.15) is 0 Å². The predicted molar refractivity (Wildman–Crippen MR) is 86.7 cm³/mol. The van der Waals surface area contributed by atoms with Crippen LogP contribution in [0.2, 0.25) is 0 Å². The normalized spacial score (nSPS) is 11.4. The molecule has 6 heteroatoms. The summed E-state index contributed by atoms with van der Waals surface area (Å²) in [6.07, 6.45) is -1.96. The van der Waals surface area contributed by atoms with E-state index in [2.05, 4.69) is 10.3 Å². The van der Waals surface area contributed by atoms with E-state index >= 15 is 0 Å². The van der Waals surface area contributed by atoms with E-state index in [0.717, 1.165) is 22.5 Å². The maximum atomic E-state index is 13.0. The average Bonchev–Trinajstić information content (AvgIpc) is 2.97. The summed E-state index contributed by atoms with van der Waals surface area (Å²) in [5, 5.41) is 12.9. The molecule has 122 valence electrons. The third-order valence-corrected chi connectivity index (χ3v) is 3.84. The van der Waals surface area contributed by atoms with Crippen LogP contribution in [0.25, 0.3) is 10.9 Å². The number of aromatic nitrogens is 1. The molecule has 3 aromatic rings. The maximum Gasteiger partial charge on any atom is 0.417 e. The van der Waals surface area contributed by atoms with Gasteiger partial charge in [-0.05, 0) is 36.2 Å². The molecule has 3 rings (SSSR count). The Labute approximate surface area is 136 Å². The zero-order valence-corrected chi connectivity index (χ0v) is 12.6. The standard InChI is InChI=1S/C18H14F3N3/c19-18(20,21)16-9-14(6-5-12(16)10-22)23-8-7-13-11-24-17-4-2-1-3-15(13)17/h1-6,9,11,23-24H,7-8H2. The number of H-pyrrole nitrogens is 1. The van der Waals surface area contributed by atoms with Gasteiger partial charge in [0.15, 0.2) is 0 Å². The van der Waals surface area contributed by atoms with E-state index in [1.807, 2.05) is 30.5 Å². The van der Waals surface area contributed by atoms with Gasteiger partial charge in [0, 0.05) is 29.3 Å². The van der Waals surface area contributed by atoms with E-state index < -0.39 is 11.7 Å². The largest absolute Gasteiger partial charge is 0.417 e. The number of rotatable bonds is 4. The lowest BCUT2D eigenvalue weighted by Gasteiger charge is -2.12. The molecule has 0 aliphatic carbocycles. The average molecular weight is 329 g/mol. The van der Waals surface area contributed by atoms with Crippen LogP contribution in [0, 0.1) is 11.3 Å². The maximum absolute atomic E-state index is 13.0. The number of nitrogens with one attached hydrogen (secondary N) is 2. The number of hydrogen-bond donors (Lipinski definition) is 2. The van der Waals surface area contributed by atoms with Crippen molar-refractivity contribution < 1.29 is 13.2 Å². The molecule has 2 N–H and O–H groups in total. The van der Waals surface area contributed by atoms with Gasteiger partial charge in [-0.2, -0.15) is 18.4 Å². The van der Waals surface area contributed by atoms with E-state index in [1.54, 1.807) is 6.07 Å². The van der Waals surface area contributed by atoms with Gasteiger partial charge in [0.25, 0.3) is 0 Å². The summed E-state index contributed by atoms with van der Waals surface area (Å²) in [6.45, 7) is 0.491. The number of anilines is 1. The fraction of sp³-hybridized carbons (Fsp3) is 0.167. The van der Waals surface area contributed by atoms with Gasteiger partial charge in [-0.15, -0.1) is 0 Å². The van der Waals surface area contributed by atoms with E-state index in [-0.39, 0.29) is 5.56 Å². The molecule has 1 aromatic heterocycles. The lowest BCUT2D eigenvalue weighted by molar-refractivity contribution is -0.137. The van der Waals surface area contributed by atoms with Crippen molar-refractivity contribution in [3.05, 3.63) is 65.4 Å². The molecule has 0 aliphatic heterocycles. The van der Waals surface area contributed by atoms with Gasteiger partial charge in [-0.3, -0.25) is 0 Å². The van der Waals surface area contributed by atoms with Crippen LogP contribution in [-0.4, -0.2) is 11.5 Å². The molecular formula is C18H14F3N3. The molecule has 0 saturated heterocycles. The van der Waals surface area contributed by atoms with E-state index in [1.165, 1.54) is 12.1 Å². The minimum absolute atomic E-state index is 0.348. The molecule has 0 atom stereocenters. The lowest BCUT2D eigenvalue weighted by Crippen LogP contribution is -2.10. The minimum Gasteiger partial charge on any atom is -0.385 e. The lowest BCUT2D eigenvalue weighted by atomic mass is 10.1. The SMILES string of the molecule is N#Cc1ccc(NCCc2c[nH]c3ccccc23)cc1C(F)(F)F. The van der Waals surface area contributed by atoms with Gasteiger partial charge < -0.3 is 10.3 Å². The van der Waals surface area contributed by atoms with Crippen LogP contribution in [0.1, 0.15) is 16.7 Å². The second-order valence-corrected chi connectivity index (χ2v) is 5.41. The molecule has 3 nitrogen and oxygen atoms in total. The highest BCUT2D eigenvalue weighted by molar-refractivity contribution is 5.83. The van der Waals surface area contributed by atoms with Gasteiger partial charge in [-0.25, -0.2) is 0 Å². The molecule has 0 bridgehead atoms. The van der Waals surface area contributed by atoms with E-state index in [0.29, 0.717) is 18.7 Å². The molecule has 2 aromatic carbocycles. The molecule has 0 fully saturated rings. The summed E-state index contributed by atoms with van der Waals surface area (Å²) in [7, 11) is 0. The number of nitrogens with zero attached hydrogens (tertiary/aromatic N) is 1. The van der Waals surface area contributed by atoms with Crippen molar-refractivity contribution in [3.8, 4) is 6.07 Å². The van der Waals surface area contributed by atoms with Crippen molar-refractivity contribution in [2.24, 2.45) is 0 Å². The number of aromatic amines is 1. The number of hydrogen-bond acceptors (Lipinski definition) is 2. The Hall–Kier alpha value is -2.94. The second kappa shape index (κ2) is 6.28. The first-order valence-corrected chi connectivity index (χ1v) is 7.39. The number of fused-ring (bicyclic) bond motifs is 1. The number of para-hydroxylation sites is 1. The quantitative estimate of drug-likeness (QED) is 0.728. The monoisotopic (exact) mass is 329 g/mol. The van der Waals surface area contributed by atoms with Crippen LogP contribution in [0.3, 0.4) is 0 Å². The number of alkyl halides is 3. The Morgan fingerprint density at radius 3 is 2.67 bits per heavy atom. The topological polar surface area (TPSA) is 51.6 Å². The molecule has 0 saturated carbocycles. The Morgan fingerprint density at radius 2 is 1.92 bits per heavy atom. The van der Waals surface area contributed by atoms with E-state index in [9.17, 15) is 13.2 Å². The third-order valence-electron chi connectivity index (χ3n) is 3.84. The predicted octanol–water partition coefficient (Wildman–Crippen LogP) is 4.71. The molecule has 0 radical (unpaired) electrons. The summed E-state index contributed by atoms with van der Waals surface area (Å²) < 4.78 is 38.9. The first-order chi connectivity index (χ1) is 11.5. The molecule has 1 heterocycles. The fourth-order valence-electron chi connectivity index (χ4n) is 2.67. The summed E-state index contributed by atoms with van der Waals surface area (Å²) in [5.41, 5.74) is 1.20. The molecule has 0 spiro atoms. The Balaban J connectivity index is 1.72. The van der Waals surface area contributed by atoms with E-state index in [4.69, 9.17) is 5.26 Å². The number of nitriles is 1. The minimum atomic E-state index is -4.54. The van der Waals surface area contributed by atoms with Crippen LogP contribution in [0.5, 0.6) is 0 Å². The van der Waals surface area contributed by atoms with Crippen LogP contribution in [-0.2, 0) is 12.6 Å². The molecule has 0 aliphatic rings. The first kappa shape index (κ1) is 15.9. The summed E-state index contributed by atoms with van der Waals surface area (Å²) in [4.78, 5) is 3.17. The highest BCUT2D eigenvalue weighted by atomic mass is 19.4.